The zero-order valence-electron chi connectivity index (χ0n) is 26.2. The largest absolute Gasteiger partial charge is 0.313 e. The quantitative estimate of drug-likeness (QED) is 0.210. The lowest BCUT2D eigenvalue weighted by Crippen LogP contribution is -2.10. The van der Waals surface area contributed by atoms with Gasteiger partial charge in [-0.1, -0.05) is 114 Å². The molecule has 0 unspecified atom stereocenters. The molecular formula is C40H39N3. The van der Waals surface area contributed by atoms with Crippen molar-refractivity contribution < 1.29 is 0 Å². The molecule has 0 fully saturated rings. The Morgan fingerprint density at radius 2 is 0.930 bits per heavy atom. The number of rotatable bonds is 3. The maximum absolute atomic E-state index is 5.11. The average Bonchev–Trinajstić information content (AvgIpc) is 3.49. The lowest BCUT2D eigenvalue weighted by atomic mass is 9.86. The van der Waals surface area contributed by atoms with Crippen molar-refractivity contribution in [3.05, 3.63) is 120 Å². The number of aryl methyl sites for hydroxylation is 1. The summed E-state index contributed by atoms with van der Waals surface area (Å²) in [5, 5.41) is 2.46. The number of imidazole rings is 1. The van der Waals surface area contributed by atoms with Gasteiger partial charge in [0.15, 0.2) is 0 Å². The molecule has 0 spiro atoms. The fraction of sp³-hybridized carbons (Fsp3) is 0.225. The summed E-state index contributed by atoms with van der Waals surface area (Å²) < 4.78 is 4.52. The fourth-order valence-electron chi connectivity index (χ4n) is 6.26. The highest BCUT2D eigenvalue weighted by Gasteiger charge is 2.20. The van der Waals surface area contributed by atoms with Crippen LogP contribution in [0.5, 0.6) is 0 Å². The topological polar surface area (TPSA) is 22.8 Å². The molecule has 0 atom stereocenters. The van der Waals surface area contributed by atoms with E-state index in [0.29, 0.717) is 0 Å². The molecule has 0 radical (unpaired) electrons. The number of benzene rings is 5. The third-order valence-electron chi connectivity index (χ3n) is 8.90. The minimum atomic E-state index is 0.128. The Morgan fingerprint density at radius 1 is 0.488 bits per heavy atom. The lowest BCUT2D eigenvalue weighted by Gasteiger charge is -2.19. The average molecular weight is 562 g/mol. The number of hydrogen-bond acceptors (Lipinski definition) is 1. The van der Waals surface area contributed by atoms with E-state index in [1.54, 1.807) is 0 Å². The van der Waals surface area contributed by atoms with E-state index in [4.69, 9.17) is 4.98 Å². The van der Waals surface area contributed by atoms with Crippen LogP contribution in [-0.2, 0) is 17.9 Å². The second-order valence-corrected chi connectivity index (χ2v) is 13.9. The minimum Gasteiger partial charge on any atom is -0.313 e. The Kier molecular flexibility index (Phi) is 6.14. The van der Waals surface area contributed by atoms with Crippen LogP contribution in [-0.4, -0.2) is 14.1 Å². The zero-order chi connectivity index (χ0) is 30.1. The van der Waals surface area contributed by atoms with Crippen molar-refractivity contribution in [3.63, 3.8) is 0 Å². The van der Waals surface area contributed by atoms with Crippen molar-refractivity contribution in [3.8, 4) is 28.2 Å². The highest BCUT2D eigenvalue weighted by Crippen LogP contribution is 2.38. The first-order chi connectivity index (χ1) is 20.5. The molecule has 0 aliphatic rings. The molecule has 0 bridgehead atoms. The molecule has 2 aromatic heterocycles. The maximum Gasteiger partial charge on any atom is 0.215 e. The van der Waals surface area contributed by atoms with Crippen LogP contribution in [0.25, 0.3) is 61.0 Å². The summed E-state index contributed by atoms with van der Waals surface area (Å²) in [7, 11) is 2.11. The predicted molar refractivity (Wildman–Crippen MR) is 183 cm³/mol. The predicted octanol–water partition coefficient (Wildman–Crippen LogP) is 10.6. The van der Waals surface area contributed by atoms with Crippen LogP contribution in [0.4, 0.5) is 0 Å². The summed E-state index contributed by atoms with van der Waals surface area (Å²) in [5.74, 6) is 0.922. The minimum absolute atomic E-state index is 0.128. The third kappa shape index (κ3) is 4.64. The molecule has 5 aromatic carbocycles. The van der Waals surface area contributed by atoms with Crippen molar-refractivity contribution >= 4 is 32.8 Å². The summed E-state index contributed by atoms with van der Waals surface area (Å²) in [6.45, 7) is 13.6. The molecule has 3 nitrogen and oxygen atoms in total. The molecule has 7 aromatic rings. The molecule has 0 amide bonds. The molecule has 7 rings (SSSR count). The van der Waals surface area contributed by atoms with E-state index in [9.17, 15) is 0 Å². The second-order valence-electron chi connectivity index (χ2n) is 13.9. The van der Waals surface area contributed by atoms with Gasteiger partial charge in [0, 0.05) is 17.8 Å². The van der Waals surface area contributed by atoms with Crippen molar-refractivity contribution in [2.75, 3.05) is 0 Å². The van der Waals surface area contributed by atoms with E-state index in [1.807, 2.05) is 0 Å². The summed E-state index contributed by atoms with van der Waals surface area (Å²) in [5.41, 5.74) is 12.3. The first-order valence-corrected chi connectivity index (χ1v) is 15.2. The number of hydrogen-bond donors (Lipinski definition) is 0. The Balaban J connectivity index is 1.45. The van der Waals surface area contributed by atoms with Gasteiger partial charge < -0.3 is 4.57 Å². The molecular weight excluding hydrogens is 522 g/mol. The van der Waals surface area contributed by atoms with Crippen LogP contribution >= 0.6 is 0 Å². The van der Waals surface area contributed by atoms with Crippen LogP contribution in [0.1, 0.15) is 52.7 Å². The van der Waals surface area contributed by atoms with Gasteiger partial charge in [-0.3, -0.25) is 4.57 Å². The first kappa shape index (κ1) is 27.2. The number of aromatic nitrogens is 3. The number of nitrogens with zero attached hydrogens (tertiary/aromatic N) is 3. The van der Waals surface area contributed by atoms with E-state index in [0.717, 1.165) is 28.0 Å². The van der Waals surface area contributed by atoms with E-state index < -0.39 is 0 Å². The van der Waals surface area contributed by atoms with Crippen molar-refractivity contribution in [1.82, 2.24) is 14.1 Å². The monoisotopic (exact) mass is 561 g/mol. The van der Waals surface area contributed by atoms with Gasteiger partial charge in [0.25, 0.3) is 0 Å². The molecule has 0 saturated carbocycles. The van der Waals surface area contributed by atoms with Crippen LogP contribution in [0.3, 0.4) is 0 Å². The Labute approximate surface area is 254 Å². The molecule has 2 heterocycles. The molecule has 0 saturated heterocycles. The fourth-order valence-corrected chi connectivity index (χ4v) is 6.26. The van der Waals surface area contributed by atoms with Crippen molar-refractivity contribution in [1.29, 1.82) is 0 Å². The number of fused-ring (bicyclic) bond motifs is 4. The SMILES string of the molecule is Cn1c(-n2c3ccc(-c4ccc(C(C)(C)C)cc4)cc3c3cc(-c4ccc(C(C)(C)C)cc4)ccc32)nc2ccccc21. The van der Waals surface area contributed by atoms with Gasteiger partial charge in [0.05, 0.1) is 22.1 Å². The normalized spacial score (nSPS) is 12.5. The highest BCUT2D eigenvalue weighted by molar-refractivity contribution is 6.11. The second kappa shape index (κ2) is 9.70. The van der Waals surface area contributed by atoms with Gasteiger partial charge in [-0.2, -0.15) is 0 Å². The standard InChI is InChI=1S/C40H39N3/c1-39(2,3)30-18-12-26(13-19-30)28-16-22-35-32(24-28)33-25-29(27-14-20-31(21-15-27)40(4,5)6)17-23-36(33)43(35)38-41-34-10-8-9-11-37(34)42(38)7/h8-25H,1-7H3. The molecule has 43 heavy (non-hydrogen) atoms. The van der Waals surface area contributed by atoms with Gasteiger partial charge in [-0.15, -0.1) is 0 Å². The van der Waals surface area contributed by atoms with Gasteiger partial charge in [-0.05, 0) is 80.6 Å². The summed E-state index contributed by atoms with van der Waals surface area (Å²) in [6.07, 6.45) is 0. The van der Waals surface area contributed by atoms with Crippen LogP contribution in [0, 0.1) is 0 Å². The molecule has 3 heteroatoms. The van der Waals surface area contributed by atoms with Gasteiger partial charge in [0.2, 0.25) is 5.95 Å². The smallest absolute Gasteiger partial charge is 0.215 e. The molecule has 0 aliphatic heterocycles. The Bertz CT molecular complexity index is 2010. The van der Waals surface area contributed by atoms with Gasteiger partial charge in [-0.25, -0.2) is 4.98 Å². The lowest BCUT2D eigenvalue weighted by molar-refractivity contribution is 0.590. The first-order valence-electron chi connectivity index (χ1n) is 15.2. The van der Waals surface area contributed by atoms with E-state index in [-0.39, 0.29) is 10.8 Å². The highest BCUT2D eigenvalue weighted by atomic mass is 15.2. The zero-order valence-corrected chi connectivity index (χ0v) is 26.2. The summed E-state index contributed by atoms with van der Waals surface area (Å²) in [4.78, 5) is 5.11. The molecule has 0 N–H and O–H groups in total. The van der Waals surface area contributed by atoms with Crippen molar-refractivity contribution in [2.24, 2.45) is 7.05 Å². The number of para-hydroxylation sites is 2. The Hall–Kier alpha value is -4.63. The van der Waals surface area contributed by atoms with Crippen LogP contribution < -0.4 is 0 Å². The van der Waals surface area contributed by atoms with Gasteiger partial charge in [0.1, 0.15) is 0 Å². The maximum atomic E-state index is 5.11. The summed E-state index contributed by atoms with van der Waals surface area (Å²) >= 11 is 0. The Morgan fingerprint density at radius 3 is 1.37 bits per heavy atom. The van der Waals surface area contributed by atoms with E-state index in [2.05, 4.69) is 167 Å². The van der Waals surface area contributed by atoms with E-state index in [1.165, 1.54) is 44.2 Å². The van der Waals surface area contributed by atoms with E-state index >= 15 is 0 Å². The van der Waals surface area contributed by atoms with Crippen LogP contribution in [0.2, 0.25) is 0 Å². The third-order valence-corrected chi connectivity index (χ3v) is 8.90. The van der Waals surface area contributed by atoms with Crippen molar-refractivity contribution in [2.45, 2.75) is 52.4 Å². The summed E-state index contributed by atoms with van der Waals surface area (Å²) in [6, 6.07) is 40.2. The van der Waals surface area contributed by atoms with Gasteiger partial charge >= 0.3 is 0 Å². The molecule has 0 aliphatic carbocycles. The van der Waals surface area contributed by atoms with Crippen LogP contribution in [0.15, 0.2) is 109 Å². The molecule has 214 valence electrons.